The van der Waals surface area contributed by atoms with Crippen LogP contribution in [0.4, 0.5) is 11.5 Å². The summed E-state index contributed by atoms with van der Waals surface area (Å²) < 4.78 is 0. The SMILES string of the molecule is CCN(CC)c1ccc(-c2csc(C3CCN(C(=O)c4cc([N+](=O)[O-])[nH]n4)CC3)n2)cc1. The predicted molar refractivity (Wildman–Crippen MR) is 124 cm³/mol. The molecule has 10 heteroatoms. The molecule has 168 valence electrons. The van der Waals surface area contributed by atoms with E-state index in [0.29, 0.717) is 19.0 Å². The van der Waals surface area contributed by atoms with Crippen LogP contribution in [0.3, 0.4) is 0 Å². The van der Waals surface area contributed by atoms with Gasteiger partial charge in [0.2, 0.25) is 0 Å². The van der Waals surface area contributed by atoms with E-state index in [4.69, 9.17) is 4.98 Å². The van der Waals surface area contributed by atoms with E-state index >= 15 is 0 Å². The molecule has 2 aromatic heterocycles. The summed E-state index contributed by atoms with van der Waals surface area (Å²) >= 11 is 1.67. The van der Waals surface area contributed by atoms with Gasteiger partial charge in [-0.15, -0.1) is 16.4 Å². The van der Waals surface area contributed by atoms with Gasteiger partial charge in [-0.25, -0.2) is 4.98 Å². The molecule has 0 radical (unpaired) electrons. The lowest BCUT2D eigenvalue weighted by Crippen LogP contribution is -2.38. The van der Waals surface area contributed by atoms with Crippen LogP contribution in [0.1, 0.15) is 48.1 Å². The Bertz CT molecular complexity index is 1080. The Morgan fingerprint density at radius 2 is 1.94 bits per heavy atom. The number of hydrogen-bond donors (Lipinski definition) is 1. The fourth-order valence-electron chi connectivity index (χ4n) is 4.05. The highest BCUT2D eigenvalue weighted by Crippen LogP contribution is 2.33. The fourth-order valence-corrected chi connectivity index (χ4v) is 5.05. The Hall–Kier alpha value is -3.27. The molecule has 9 nitrogen and oxygen atoms in total. The second-order valence-corrected chi connectivity index (χ2v) is 8.64. The Kier molecular flexibility index (Phi) is 6.50. The number of carbonyl (C=O) groups excluding carboxylic acids is 1. The van der Waals surface area contributed by atoms with Gasteiger partial charge < -0.3 is 19.9 Å². The average Bonchev–Trinajstić information content (AvgIpc) is 3.51. The van der Waals surface area contributed by atoms with Crippen molar-refractivity contribution in [2.75, 3.05) is 31.1 Å². The molecule has 0 aliphatic carbocycles. The minimum absolute atomic E-state index is 0.0832. The first kappa shape index (κ1) is 21.9. The van der Waals surface area contributed by atoms with E-state index in [1.165, 1.54) is 11.8 Å². The van der Waals surface area contributed by atoms with Gasteiger partial charge in [-0.05, 0) is 43.7 Å². The van der Waals surface area contributed by atoms with E-state index in [2.05, 4.69) is 58.6 Å². The normalized spacial score (nSPS) is 14.5. The van der Waals surface area contributed by atoms with E-state index < -0.39 is 4.92 Å². The molecule has 1 aliphatic rings. The molecular formula is C22H26N6O3S. The zero-order chi connectivity index (χ0) is 22.7. The molecule has 4 rings (SSSR count). The number of piperidine rings is 1. The van der Waals surface area contributed by atoms with Gasteiger partial charge in [0, 0.05) is 48.7 Å². The van der Waals surface area contributed by atoms with Crippen molar-refractivity contribution in [3.05, 3.63) is 56.5 Å². The van der Waals surface area contributed by atoms with Crippen molar-refractivity contribution in [3.8, 4) is 11.3 Å². The monoisotopic (exact) mass is 454 g/mol. The van der Waals surface area contributed by atoms with Gasteiger partial charge in [0.05, 0.1) is 16.8 Å². The number of anilines is 1. The average molecular weight is 455 g/mol. The summed E-state index contributed by atoms with van der Waals surface area (Å²) in [5.41, 5.74) is 3.39. The molecule has 1 amide bonds. The predicted octanol–water partition coefficient (Wildman–Crippen LogP) is 4.31. The highest BCUT2D eigenvalue weighted by molar-refractivity contribution is 7.10. The van der Waals surface area contributed by atoms with Crippen LogP contribution in [0, 0.1) is 10.1 Å². The number of likely N-dealkylation sites (tertiary alicyclic amines) is 1. The number of rotatable bonds is 7. The van der Waals surface area contributed by atoms with Gasteiger partial charge in [-0.2, -0.15) is 0 Å². The Balaban J connectivity index is 1.37. The molecule has 1 N–H and O–H groups in total. The van der Waals surface area contributed by atoms with Crippen molar-refractivity contribution < 1.29 is 9.72 Å². The highest BCUT2D eigenvalue weighted by Gasteiger charge is 2.28. The number of nitrogens with one attached hydrogen (secondary N) is 1. The van der Waals surface area contributed by atoms with Crippen molar-refractivity contribution >= 4 is 28.7 Å². The van der Waals surface area contributed by atoms with E-state index in [1.807, 2.05) is 0 Å². The number of thiazole rings is 1. The summed E-state index contributed by atoms with van der Waals surface area (Å²) in [5, 5.41) is 20.1. The third-order valence-corrected chi connectivity index (χ3v) is 6.93. The second kappa shape index (κ2) is 9.47. The van der Waals surface area contributed by atoms with Crippen molar-refractivity contribution in [2.24, 2.45) is 0 Å². The summed E-state index contributed by atoms with van der Waals surface area (Å²) in [6.45, 7) is 7.43. The minimum atomic E-state index is -0.590. The number of nitro groups is 1. The molecule has 0 unspecified atom stereocenters. The largest absolute Gasteiger partial charge is 0.372 e. The van der Waals surface area contributed by atoms with Crippen molar-refractivity contribution in [1.29, 1.82) is 0 Å². The molecule has 1 aromatic carbocycles. The second-order valence-electron chi connectivity index (χ2n) is 7.75. The summed E-state index contributed by atoms with van der Waals surface area (Å²) in [4.78, 5) is 31.7. The number of H-pyrrole nitrogens is 1. The molecule has 1 aliphatic heterocycles. The van der Waals surface area contributed by atoms with Crippen LogP contribution in [0.25, 0.3) is 11.3 Å². The van der Waals surface area contributed by atoms with Gasteiger partial charge in [-0.3, -0.25) is 4.79 Å². The van der Waals surface area contributed by atoms with Crippen molar-refractivity contribution in [3.63, 3.8) is 0 Å². The molecule has 0 spiro atoms. The number of hydrogen-bond acceptors (Lipinski definition) is 7. The lowest BCUT2D eigenvalue weighted by molar-refractivity contribution is -0.389. The third-order valence-electron chi connectivity index (χ3n) is 5.93. The number of benzene rings is 1. The van der Waals surface area contributed by atoms with Gasteiger partial charge in [0.15, 0.2) is 5.69 Å². The Morgan fingerprint density at radius 3 is 2.53 bits per heavy atom. The first-order valence-electron chi connectivity index (χ1n) is 10.8. The summed E-state index contributed by atoms with van der Waals surface area (Å²) in [5.74, 6) is -0.245. The van der Waals surface area contributed by atoms with Crippen LogP contribution in [0.2, 0.25) is 0 Å². The van der Waals surface area contributed by atoms with E-state index in [-0.39, 0.29) is 17.4 Å². The number of aromatic amines is 1. The third kappa shape index (κ3) is 4.50. The molecule has 1 saturated heterocycles. The number of aromatic nitrogens is 3. The van der Waals surface area contributed by atoms with E-state index in [1.54, 1.807) is 16.2 Å². The zero-order valence-electron chi connectivity index (χ0n) is 18.2. The first-order valence-corrected chi connectivity index (χ1v) is 11.7. The topological polar surface area (TPSA) is 108 Å². The van der Waals surface area contributed by atoms with Crippen LogP contribution in [0.5, 0.6) is 0 Å². The maximum Gasteiger partial charge on any atom is 0.343 e. The summed E-state index contributed by atoms with van der Waals surface area (Å²) in [7, 11) is 0. The van der Waals surface area contributed by atoms with E-state index in [9.17, 15) is 14.9 Å². The summed E-state index contributed by atoms with van der Waals surface area (Å²) in [6.07, 6.45) is 1.62. The van der Waals surface area contributed by atoms with E-state index in [0.717, 1.165) is 42.2 Å². The first-order chi connectivity index (χ1) is 15.5. The number of amides is 1. The minimum Gasteiger partial charge on any atom is -0.372 e. The Morgan fingerprint density at radius 1 is 1.25 bits per heavy atom. The van der Waals surface area contributed by atoms with Crippen LogP contribution in [-0.4, -0.2) is 57.1 Å². The lowest BCUT2D eigenvalue weighted by Gasteiger charge is -2.30. The van der Waals surface area contributed by atoms with Gasteiger partial charge in [0.25, 0.3) is 5.91 Å². The molecule has 0 bridgehead atoms. The highest BCUT2D eigenvalue weighted by atomic mass is 32.1. The van der Waals surface area contributed by atoms with Gasteiger partial charge >= 0.3 is 5.82 Å². The molecule has 1 fully saturated rings. The fraction of sp³-hybridized carbons (Fsp3) is 0.409. The molecule has 0 atom stereocenters. The maximum atomic E-state index is 12.6. The van der Waals surface area contributed by atoms with Gasteiger partial charge in [-0.1, -0.05) is 17.2 Å². The van der Waals surface area contributed by atoms with Crippen LogP contribution < -0.4 is 4.90 Å². The molecule has 0 saturated carbocycles. The van der Waals surface area contributed by atoms with Crippen molar-refractivity contribution in [1.82, 2.24) is 20.1 Å². The summed E-state index contributed by atoms with van der Waals surface area (Å²) in [6, 6.07) is 9.72. The molecule has 3 heterocycles. The van der Waals surface area contributed by atoms with Crippen LogP contribution in [0.15, 0.2) is 35.7 Å². The van der Waals surface area contributed by atoms with Gasteiger partial charge in [0.1, 0.15) is 0 Å². The van der Waals surface area contributed by atoms with Crippen LogP contribution >= 0.6 is 11.3 Å². The number of nitrogens with zero attached hydrogens (tertiary/aromatic N) is 5. The number of carbonyl (C=O) groups is 1. The smallest absolute Gasteiger partial charge is 0.343 e. The Labute approximate surface area is 190 Å². The molecular weight excluding hydrogens is 428 g/mol. The zero-order valence-corrected chi connectivity index (χ0v) is 19.0. The molecule has 3 aromatic rings. The van der Waals surface area contributed by atoms with Crippen molar-refractivity contribution in [2.45, 2.75) is 32.6 Å². The maximum absolute atomic E-state index is 12.6. The van der Waals surface area contributed by atoms with Crippen LogP contribution in [-0.2, 0) is 0 Å². The molecule has 32 heavy (non-hydrogen) atoms. The lowest BCUT2D eigenvalue weighted by atomic mass is 9.97. The quantitative estimate of drug-likeness (QED) is 0.421. The standard InChI is InChI=1S/C22H26N6O3S/c1-3-26(4-2)17-7-5-15(6-8-17)19-14-32-21(23-19)16-9-11-27(12-10-16)22(29)18-13-20(25-24-18)28(30)31/h5-8,13-14,16H,3-4,9-12H2,1-2H3,(H,24,25).